The first kappa shape index (κ1) is 22.6. The Kier molecular flexibility index (Phi) is 5.74. The number of nitrogens with one attached hydrogen (secondary N) is 1. The summed E-state index contributed by atoms with van der Waals surface area (Å²) < 4.78 is 5.93. The van der Waals surface area contributed by atoms with Gasteiger partial charge in [-0.2, -0.15) is 10.1 Å². The number of carbonyl (C=O) groups is 3. The van der Waals surface area contributed by atoms with E-state index in [1.807, 2.05) is 0 Å². The minimum atomic E-state index is -1.09. The van der Waals surface area contributed by atoms with Crippen molar-refractivity contribution in [2.45, 2.75) is 25.8 Å². The topological polar surface area (TPSA) is 112 Å². The van der Waals surface area contributed by atoms with Crippen molar-refractivity contribution in [1.29, 1.82) is 0 Å². The van der Waals surface area contributed by atoms with E-state index in [1.165, 1.54) is 17.1 Å². The van der Waals surface area contributed by atoms with E-state index in [2.05, 4.69) is 10.4 Å². The molecule has 2 aromatic carbocycles. The molecule has 9 heteroatoms. The Morgan fingerprint density at radius 1 is 1.17 bits per heavy atom. The number of nitrogens with zero attached hydrogens (tertiary/aromatic N) is 2. The van der Waals surface area contributed by atoms with E-state index in [0.29, 0.717) is 44.6 Å². The predicted molar refractivity (Wildman–Crippen MR) is 132 cm³/mol. The van der Waals surface area contributed by atoms with Gasteiger partial charge in [0.25, 0.3) is 11.8 Å². The zero-order valence-electron chi connectivity index (χ0n) is 18.6. The molecule has 1 fully saturated rings. The van der Waals surface area contributed by atoms with Gasteiger partial charge in [-0.3, -0.25) is 9.59 Å². The Morgan fingerprint density at radius 3 is 2.71 bits per heavy atom. The second kappa shape index (κ2) is 8.88. The van der Waals surface area contributed by atoms with Crippen molar-refractivity contribution in [1.82, 2.24) is 5.32 Å². The SMILES string of the molecule is CC1=NN(c2cccc(C(=O)O)c2)C(=O)/C1=C/c1ccc(-c2ccc(Cl)c(C(=O)NC3CC3)c2)o1. The summed E-state index contributed by atoms with van der Waals surface area (Å²) in [6.07, 6.45) is 3.54. The Morgan fingerprint density at radius 2 is 1.97 bits per heavy atom. The van der Waals surface area contributed by atoms with Crippen molar-refractivity contribution >= 4 is 46.9 Å². The summed E-state index contributed by atoms with van der Waals surface area (Å²) in [6, 6.07) is 14.8. The van der Waals surface area contributed by atoms with Crippen molar-refractivity contribution in [3.05, 3.63) is 82.1 Å². The van der Waals surface area contributed by atoms with Crippen LogP contribution >= 0.6 is 11.6 Å². The van der Waals surface area contributed by atoms with E-state index in [1.54, 1.807) is 55.5 Å². The van der Waals surface area contributed by atoms with Crippen LogP contribution in [0.25, 0.3) is 17.4 Å². The fourth-order valence-electron chi connectivity index (χ4n) is 3.70. The molecule has 2 heterocycles. The number of hydrazone groups is 1. The van der Waals surface area contributed by atoms with E-state index in [4.69, 9.17) is 16.0 Å². The van der Waals surface area contributed by atoms with Gasteiger partial charge in [0.05, 0.1) is 33.1 Å². The van der Waals surface area contributed by atoms with E-state index in [0.717, 1.165) is 12.8 Å². The summed E-state index contributed by atoms with van der Waals surface area (Å²) in [5.74, 6) is -0.760. The van der Waals surface area contributed by atoms with Crippen LogP contribution in [0.5, 0.6) is 0 Å². The van der Waals surface area contributed by atoms with Crippen LogP contribution in [0.15, 0.2) is 69.7 Å². The van der Waals surface area contributed by atoms with E-state index >= 15 is 0 Å². The van der Waals surface area contributed by atoms with Crippen molar-refractivity contribution < 1.29 is 23.9 Å². The number of carboxylic acid groups (broad SMARTS) is 1. The third-order valence-corrected chi connectivity index (χ3v) is 6.05. The zero-order valence-corrected chi connectivity index (χ0v) is 19.4. The van der Waals surface area contributed by atoms with Crippen molar-refractivity contribution in [3.8, 4) is 11.3 Å². The molecular formula is C26H20ClN3O5. The lowest BCUT2D eigenvalue weighted by Crippen LogP contribution is -2.25. The maximum absolute atomic E-state index is 13.0. The fourth-order valence-corrected chi connectivity index (χ4v) is 3.90. The van der Waals surface area contributed by atoms with Gasteiger partial charge in [0.1, 0.15) is 11.5 Å². The van der Waals surface area contributed by atoms with Gasteiger partial charge in [0.2, 0.25) is 0 Å². The lowest BCUT2D eigenvalue weighted by molar-refractivity contribution is -0.114. The number of aromatic carboxylic acids is 1. The van der Waals surface area contributed by atoms with Crippen LogP contribution in [-0.4, -0.2) is 34.6 Å². The van der Waals surface area contributed by atoms with Gasteiger partial charge >= 0.3 is 5.97 Å². The fraction of sp³-hybridized carbons (Fsp3) is 0.154. The highest BCUT2D eigenvalue weighted by Gasteiger charge is 2.29. The van der Waals surface area contributed by atoms with Crippen molar-refractivity contribution in [2.24, 2.45) is 5.10 Å². The van der Waals surface area contributed by atoms with Crippen LogP contribution in [-0.2, 0) is 4.79 Å². The molecule has 0 saturated heterocycles. The van der Waals surface area contributed by atoms with Gasteiger partial charge in [-0.25, -0.2) is 4.79 Å². The second-order valence-electron chi connectivity index (χ2n) is 8.36. The number of carbonyl (C=O) groups excluding carboxylic acids is 2. The molecule has 0 atom stereocenters. The van der Waals surface area contributed by atoms with E-state index in [9.17, 15) is 19.5 Å². The molecular weight excluding hydrogens is 470 g/mol. The Hall–Kier alpha value is -4.17. The number of halogens is 1. The highest BCUT2D eigenvalue weighted by molar-refractivity contribution is 6.34. The van der Waals surface area contributed by atoms with Gasteiger partial charge in [-0.15, -0.1) is 0 Å². The molecule has 1 saturated carbocycles. The normalized spacial score (nSPS) is 16.5. The molecule has 0 unspecified atom stereocenters. The van der Waals surface area contributed by atoms with Gasteiger partial charge in [0, 0.05) is 11.6 Å². The third kappa shape index (κ3) is 4.61. The molecule has 1 aliphatic carbocycles. The average Bonchev–Trinajstić information content (AvgIpc) is 3.45. The Balaban J connectivity index is 1.39. The number of hydrogen-bond acceptors (Lipinski definition) is 5. The monoisotopic (exact) mass is 489 g/mol. The molecule has 0 bridgehead atoms. The first-order chi connectivity index (χ1) is 16.8. The molecule has 2 amide bonds. The average molecular weight is 490 g/mol. The molecule has 5 rings (SSSR count). The first-order valence-corrected chi connectivity index (χ1v) is 11.3. The summed E-state index contributed by atoms with van der Waals surface area (Å²) in [5, 5.41) is 18.0. The molecule has 2 N–H and O–H groups in total. The second-order valence-corrected chi connectivity index (χ2v) is 8.77. The number of benzene rings is 2. The molecule has 0 spiro atoms. The van der Waals surface area contributed by atoms with Crippen LogP contribution in [0.4, 0.5) is 5.69 Å². The third-order valence-electron chi connectivity index (χ3n) is 5.72. The minimum Gasteiger partial charge on any atom is -0.478 e. The summed E-state index contributed by atoms with van der Waals surface area (Å²) >= 11 is 6.24. The van der Waals surface area contributed by atoms with Crippen molar-refractivity contribution in [2.75, 3.05) is 5.01 Å². The predicted octanol–water partition coefficient (Wildman–Crippen LogP) is 5.00. The molecule has 35 heavy (non-hydrogen) atoms. The molecule has 3 aromatic rings. The lowest BCUT2D eigenvalue weighted by atomic mass is 10.1. The number of carboxylic acids is 1. The number of anilines is 1. The smallest absolute Gasteiger partial charge is 0.335 e. The summed E-state index contributed by atoms with van der Waals surface area (Å²) in [6.45, 7) is 1.69. The van der Waals surface area contributed by atoms with Gasteiger partial charge in [0.15, 0.2) is 0 Å². The number of rotatable bonds is 6. The Labute approximate surface area is 205 Å². The van der Waals surface area contributed by atoms with Crippen LogP contribution in [0, 0.1) is 0 Å². The molecule has 176 valence electrons. The van der Waals surface area contributed by atoms with Crippen LogP contribution in [0.2, 0.25) is 5.02 Å². The Bertz CT molecular complexity index is 1430. The lowest BCUT2D eigenvalue weighted by Gasteiger charge is -2.12. The summed E-state index contributed by atoms with van der Waals surface area (Å²) in [4.78, 5) is 36.8. The number of hydrogen-bond donors (Lipinski definition) is 2. The number of furan rings is 1. The maximum Gasteiger partial charge on any atom is 0.335 e. The van der Waals surface area contributed by atoms with Gasteiger partial charge in [-0.1, -0.05) is 17.7 Å². The highest BCUT2D eigenvalue weighted by atomic mass is 35.5. The van der Waals surface area contributed by atoms with E-state index < -0.39 is 11.9 Å². The quantitative estimate of drug-likeness (QED) is 0.473. The summed E-state index contributed by atoms with van der Waals surface area (Å²) in [5.41, 5.74) is 2.27. The maximum atomic E-state index is 13.0. The standard InChI is InChI=1S/C26H20ClN3O5/c1-14-20(25(32)30(29-14)18-4-2-3-16(11-18)26(33)34)13-19-8-10-23(35-19)15-5-9-22(27)21(12-15)24(31)28-17-6-7-17/h2-5,8-13,17H,6-7H2,1H3,(H,28,31)(H,33,34)/b20-13+. The van der Waals surface area contributed by atoms with Gasteiger partial charge < -0.3 is 14.8 Å². The summed E-state index contributed by atoms with van der Waals surface area (Å²) in [7, 11) is 0. The molecule has 2 aliphatic rings. The molecule has 1 aromatic heterocycles. The largest absolute Gasteiger partial charge is 0.478 e. The number of amides is 2. The molecule has 0 radical (unpaired) electrons. The van der Waals surface area contributed by atoms with E-state index in [-0.39, 0.29) is 17.5 Å². The molecule has 1 aliphatic heterocycles. The zero-order chi connectivity index (χ0) is 24.7. The van der Waals surface area contributed by atoms with Crippen molar-refractivity contribution in [3.63, 3.8) is 0 Å². The first-order valence-electron chi connectivity index (χ1n) is 11.0. The van der Waals surface area contributed by atoms with Gasteiger partial charge in [-0.05, 0) is 74.4 Å². The van der Waals surface area contributed by atoms with Crippen LogP contribution < -0.4 is 10.3 Å². The van der Waals surface area contributed by atoms with Crippen LogP contribution in [0.3, 0.4) is 0 Å². The highest BCUT2D eigenvalue weighted by Crippen LogP contribution is 2.30. The van der Waals surface area contributed by atoms with Crippen LogP contribution in [0.1, 0.15) is 46.2 Å². The minimum absolute atomic E-state index is 0.0596. The molecule has 8 nitrogen and oxygen atoms in total.